The van der Waals surface area contributed by atoms with E-state index in [0.717, 1.165) is 22.4 Å². The minimum absolute atomic E-state index is 0.00136. The van der Waals surface area contributed by atoms with Crippen LogP contribution in [0, 0.1) is 6.92 Å². The van der Waals surface area contributed by atoms with Gasteiger partial charge in [-0.2, -0.15) is 0 Å². The molecule has 0 spiro atoms. The van der Waals surface area contributed by atoms with Crippen molar-refractivity contribution in [3.63, 3.8) is 0 Å². The number of carbonyl (C=O) groups excluding carboxylic acids is 1. The predicted octanol–water partition coefficient (Wildman–Crippen LogP) is 2.49. The molecule has 0 radical (unpaired) electrons. The monoisotopic (exact) mass is 274 g/mol. The quantitative estimate of drug-likeness (QED) is 0.880. The molecule has 19 heavy (non-hydrogen) atoms. The first-order valence-electron chi connectivity index (χ1n) is 6.31. The summed E-state index contributed by atoms with van der Waals surface area (Å²) in [4.78, 5) is 12.7. The van der Waals surface area contributed by atoms with E-state index in [-0.39, 0.29) is 5.91 Å². The number of benzene rings is 1. The van der Waals surface area contributed by atoms with Gasteiger partial charge in [-0.15, -0.1) is 11.3 Å². The van der Waals surface area contributed by atoms with Gasteiger partial charge >= 0.3 is 0 Å². The van der Waals surface area contributed by atoms with E-state index in [1.807, 2.05) is 30.5 Å². The summed E-state index contributed by atoms with van der Waals surface area (Å²) in [7, 11) is 0. The topological polar surface area (TPSA) is 55.1 Å². The first-order valence-corrected chi connectivity index (χ1v) is 7.19. The van der Waals surface area contributed by atoms with Crippen molar-refractivity contribution in [3.8, 4) is 0 Å². The van der Waals surface area contributed by atoms with E-state index >= 15 is 0 Å². The summed E-state index contributed by atoms with van der Waals surface area (Å²) in [5.41, 5.74) is 8.87. The Morgan fingerprint density at radius 1 is 1.21 bits per heavy atom. The maximum Gasteiger partial charge on any atom is 0.261 e. The number of aryl methyl sites for hydroxylation is 1. The standard InChI is InChI=1S/C15H18N2OS/c1-11-7-9-19-14(11)15(18)17-10-13-4-2-12(3-5-13)6-8-16/h2-5,7,9H,6,8,10,16H2,1H3,(H,17,18). The van der Waals surface area contributed by atoms with Gasteiger partial charge in [0.05, 0.1) is 4.88 Å². The van der Waals surface area contributed by atoms with Gasteiger partial charge in [-0.1, -0.05) is 24.3 Å². The lowest BCUT2D eigenvalue weighted by molar-refractivity contribution is 0.0954. The number of hydrogen-bond donors (Lipinski definition) is 2. The van der Waals surface area contributed by atoms with Gasteiger partial charge in [-0.3, -0.25) is 4.79 Å². The summed E-state index contributed by atoms with van der Waals surface area (Å²) in [5, 5.41) is 4.88. The SMILES string of the molecule is Cc1ccsc1C(=O)NCc1ccc(CCN)cc1. The van der Waals surface area contributed by atoms with Crippen molar-refractivity contribution in [2.24, 2.45) is 5.73 Å². The second-order valence-corrected chi connectivity index (χ2v) is 5.39. The van der Waals surface area contributed by atoms with Gasteiger partial charge in [0.2, 0.25) is 0 Å². The third-order valence-electron chi connectivity index (χ3n) is 2.98. The first-order chi connectivity index (χ1) is 9.20. The first kappa shape index (κ1) is 13.8. The van der Waals surface area contributed by atoms with E-state index in [2.05, 4.69) is 17.4 Å². The molecular formula is C15H18N2OS. The van der Waals surface area contributed by atoms with Crippen LogP contribution in [0.1, 0.15) is 26.4 Å². The lowest BCUT2D eigenvalue weighted by Gasteiger charge is -2.06. The van der Waals surface area contributed by atoms with Crippen LogP contribution in [0.5, 0.6) is 0 Å². The molecule has 1 aromatic heterocycles. The highest BCUT2D eigenvalue weighted by molar-refractivity contribution is 7.12. The second kappa shape index (κ2) is 6.50. The number of amides is 1. The van der Waals surface area contributed by atoms with Crippen LogP contribution in [-0.4, -0.2) is 12.5 Å². The summed E-state index contributed by atoms with van der Waals surface area (Å²) < 4.78 is 0. The average molecular weight is 274 g/mol. The molecule has 2 rings (SSSR count). The molecule has 3 N–H and O–H groups in total. The number of nitrogens with one attached hydrogen (secondary N) is 1. The Balaban J connectivity index is 1.92. The average Bonchev–Trinajstić information content (AvgIpc) is 2.84. The van der Waals surface area contributed by atoms with Crippen LogP contribution in [0.2, 0.25) is 0 Å². The minimum atomic E-state index is -0.00136. The van der Waals surface area contributed by atoms with Crippen LogP contribution in [0.25, 0.3) is 0 Å². The molecule has 3 nitrogen and oxygen atoms in total. The molecule has 1 amide bonds. The van der Waals surface area contributed by atoms with E-state index in [1.165, 1.54) is 16.9 Å². The number of hydrogen-bond acceptors (Lipinski definition) is 3. The molecule has 100 valence electrons. The minimum Gasteiger partial charge on any atom is -0.347 e. The molecule has 0 saturated carbocycles. The molecule has 0 atom stereocenters. The number of rotatable bonds is 5. The van der Waals surface area contributed by atoms with Crippen molar-refractivity contribution in [1.82, 2.24) is 5.32 Å². The number of carbonyl (C=O) groups is 1. The highest BCUT2D eigenvalue weighted by Gasteiger charge is 2.09. The van der Waals surface area contributed by atoms with E-state index in [9.17, 15) is 4.79 Å². The van der Waals surface area contributed by atoms with Crippen LogP contribution in [-0.2, 0) is 13.0 Å². The van der Waals surface area contributed by atoms with Crippen LogP contribution < -0.4 is 11.1 Å². The fourth-order valence-electron chi connectivity index (χ4n) is 1.86. The molecular weight excluding hydrogens is 256 g/mol. The van der Waals surface area contributed by atoms with Crippen molar-refractivity contribution in [3.05, 3.63) is 57.3 Å². The molecule has 0 fully saturated rings. The lowest BCUT2D eigenvalue weighted by atomic mass is 10.1. The summed E-state index contributed by atoms with van der Waals surface area (Å²) in [6.07, 6.45) is 0.890. The highest BCUT2D eigenvalue weighted by Crippen LogP contribution is 2.15. The zero-order valence-electron chi connectivity index (χ0n) is 11.0. The van der Waals surface area contributed by atoms with Gasteiger partial charge in [-0.05, 0) is 48.0 Å². The Morgan fingerprint density at radius 3 is 2.47 bits per heavy atom. The second-order valence-electron chi connectivity index (χ2n) is 4.47. The predicted molar refractivity (Wildman–Crippen MR) is 79.4 cm³/mol. The van der Waals surface area contributed by atoms with Gasteiger partial charge in [0, 0.05) is 6.54 Å². The van der Waals surface area contributed by atoms with Crippen LogP contribution in [0.4, 0.5) is 0 Å². The molecule has 0 aliphatic rings. The number of nitrogens with two attached hydrogens (primary N) is 1. The van der Waals surface area contributed by atoms with Crippen LogP contribution in [0.3, 0.4) is 0 Å². The van der Waals surface area contributed by atoms with Crippen molar-refractivity contribution >= 4 is 17.2 Å². The Kier molecular flexibility index (Phi) is 4.71. The molecule has 0 saturated heterocycles. The lowest BCUT2D eigenvalue weighted by Crippen LogP contribution is -2.22. The van der Waals surface area contributed by atoms with E-state index in [4.69, 9.17) is 5.73 Å². The van der Waals surface area contributed by atoms with Gasteiger partial charge < -0.3 is 11.1 Å². The summed E-state index contributed by atoms with van der Waals surface area (Å²) in [5.74, 6) is -0.00136. The third kappa shape index (κ3) is 3.66. The summed E-state index contributed by atoms with van der Waals surface area (Å²) >= 11 is 1.48. The molecule has 2 aromatic rings. The fourth-order valence-corrected chi connectivity index (χ4v) is 2.70. The maximum atomic E-state index is 12.0. The summed E-state index contributed by atoms with van der Waals surface area (Å²) in [6.45, 7) is 3.17. The fraction of sp³-hybridized carbons (Fsp3) is 0.267. The van der Waals surface area contributed by atoms with Gasteiger partial charge in [-0.25, -0.2) is 0 Å². The van der Waals surface area contributed by atoms with E-state index in [0.29, 0.717) is 13.1 Å². The van der Waals surface area contributed by atoms with Crippen molar-refractivity contribution < 1.29 is 4.79 Å². The molecule has 1 heterocycles. The van der Waals surface area contributed by atoms with Crippen molar-refractivity contribution in [2.75, 3.05) is 6.54 Å². The third-order valence-corrected chi connectivity index (χ3v) is 3.99. The van der Waals surface area contributed by atoms with Crippen molar-refractivity contribution in [1.29, 1.82) is 0 Å². The highest BCUT2D eigenvalue weighted by atomic mass is 32.1. The van der Waals surface area contributed by atoms with E-state index < -0.39 is 0 Å². The van der Waals surface area contributed by atoms with Crippen LogP contribution in [0.15, 0.2) is 35.7 Å². The van der Waals surface area contributed by atoms with E-state index in [1.54, 1.807) is 0 Å². The summed E-state index contributed by atoms with van der Waals surface area (Å²) in [6, 6.07) is 10.1. The molecule has 0 unspecified atom stereocenters. The van der Waals surface area contributed by atoms with Gasteiger partial charge in [0.25, 0.3) is 5.91 Å². The van der Waals surface area contributed by atoms with Gasteiger partial charge in [0.1, 0.15) is 0 Å². The Bertz CT molecular complexity index is 546. The largest absolute Gasteiger partial charge is 0.347 e. The molecule has 4 heteroatoms. The van der Waals surface area contributed by atoms with Crippen LogP contribution >= 0.6 is 11.3 Å². The normalized spacial score (nSPS) is 10.4. The number of thiophene rings is 1. The Labute approximate surface area is 117 Å². The molecule has 0 aliphatic carbocycles. The smallest absolute Gasteiger partial charge is 0.261 e. The molecule has 0 aliphatic heterocycles. The zero-order chi connectivity index (χ0) is 13.7. The van der Waals surface area contributed by atoms with Crippen molar-refractivity contribution in [2.45, 2.75) is 19.9 Å². The maximum absolute atomic E-state index is 12.0. The zero-order valence-corrected chi connectivity index (χ0v) is 11.8. The molecule has 0 bridgehead atoms. The molecule has 1 aromatic carbocycles. The Morgan fingerprint density at radius 2 is 1.89 bits per heavy atom. The Hall–Kier alpha value is -1.65. The van der Waals surface area contributed by atoms with Gasteiger partial charge in [0.15, 0.2) is 0 Å².